The molecule has 0 aliphatic carbocycles. The van der Waals surface area contributed by atoms with Crippen molar-refractivity contribution in [2.75, 3.05) is 5.32 Å². The SMILES string of the molecule is O=C(O)c1cc(F)cc([N+](=O)[O-])c1Nc1ccc(Br)cn1. The molecule has 108 valence electrons. The van der Waals surface area contributed by atoms with Crippen LogP contribution in [0.2, 0.25) is 0 Å². The van der Waals surface area contributed by atoms with Gasteiger partial charge in [0.25, 0.3) is 5.69 Å². The zero-order valence-corrected chi connectivity index (χ0v) is 11.8. The van der Waals surface area contributed by atoms with Crippen molar-refractivity contribution in [2.24, 2.45) is 0 Å². The minimum atomic E-state index is -1.49. The first-order chi connectivity index (χ1) is 9.88. The van der Waals surface area contributed by atoms with Crippen LogP contribution in [0.3, 0.4) is 0 Å². The number of nitro benzene ring substituents is 1. The summed E-state index contributed by atoms with van der Waals surface area (Å²) in [5, 5.41) is 22.6. The number of anilines is 2. The van der Waals surface area contributed by atoms with E-state index in [9.17, 15) is 19.3 Å². The van der Waals surface area contributed by atoms with Gasteiger partial charge in [-0.2, -0.15) is 0 Å². The lowest BCUT2D eigenvalue weighted by Gasteiger charge is -2.09. The lowest BCUT2D eigenvalue weighted by molar-refractivity contribution is -0.384. The Hall–Kier alpha value is -2.55. The van der Waals surface area contributed by atoms with Crippen LogP contribution in [0.15, 0.2) is 34.9 Å². The van der Waals surface area contributed by atoms with Crippen molar-refractivity contribution in [3.8, 4) is 0 Å². The third kappa shape index (κ3) is 3.31. The van der Waals surface area contributed by atoms with Crippen molar-refractivity contribution in [1.29, 1.82) is 0 Å². The lowest BCUT2D eigenvalue weighted by Crippen LogP contribution is -2.07. The van der Waals surface area contributed by atoms with Gasteiger partial charge in [0.05, 0.1) is 16.6 Å². The van der Waals surface area contributed by atoms with Crippen molar-refractivity contribution >= 4 is 39.1 Å². The molecule has 1 heterocycles. The van der Waals surface area contributed by atoms with E-state index in [1.807, 2.05) is 0 Å². The van der Waals surface area contributed by atoms with Crippen LogP contribution in [0.4, 0.5) is 21.6 Å². The van der Waals surface area contributed by atoms with Gasteiger partial charge in [-0.1, -0.05) is 0 Å². The molecule has 1 aromatic carbocycles. The highest BCUT2D eigenvalue weighted by molar-refractivity contribution is 9.10. The van der Waals surface area contributed by atoms with E-state index in [1.54, 1.807) is 6.07 Å². The smallest absolute Gasteiger partial charge is 0.338 e. The summed E-state index contributed by atoms with van der Waals surface area (Å²) in [4.78, 5) is 25.2. The van der Waals surface area contributed by atoms with E-state index in [1.165, 1.54) is 12.3 Å². The molecule has 0 bridgehead atoms. The molecule has 0 amide bonds. The minimum absolute atomic E-state index is 0.190. The Morgan fingerprint density at radius 2 is 2.14 bits per heavy atom. The van der Waals surface area contributed by atoms with Gasteiger partial charge in [0.15, 0.2) is 0 Å². The second kappa shape index (κ2) is 5.83. The van der Waals surface area contributed by atoms with E-state index in [2.05, 4.69) is 26.2 Å². The highest BCUT2D eigenvalue weighted by Crippen LogP contribution is 2.32. The van der Waals surface area contributed by atoms with Crippen LogP contribution < -0.4 is 5.32 Å². The zero-order valence-electron chi connectivity index (χ0n) is 10.2. The first kappa shape index (κ1) is 14.9. The van der Waals surface area contributed by atoms with Crippen molar-refractivity contribution in [3.63, 3.8) is 0 Å². The normalized spacial score (nSPS) is 10.2. The quantitative estimate of drug-likeness (QED) is 0.643. The molecule has 9 heteroatoms. The Morgan fingerprint density at radius 3 is 2.67 bits per heavy atom. The molecule has 0 atom stereocenters. The number of carboxylic acids is 1. The minimum Gasteiger partial charge on any atom is -0.478 e. The molecule has 0 spiro atoms. The molecule has 0 fully saturated rings. The lowest BCUT2D eigenvalue weighted by atomic mass is 10.1. The Morgan fingerprint density at radius 1 is 1.43 bits per heavy atom. The summed E-state index contributed by atoms with van der Waals surface area (Å²) < 4.78 is 14.0. The Balaban J connectivity index is 2.56. The summed E-state index contributed by atoms with van der Waals surface area (Å²) in [6.45, 7) is 0. The van der Waals surface area contributed by atoms with E-state index in [0.29, 0.717) is 16.6 Å². The highest BCUT2D eigenvalue weighted by Gasteiger charge is 2.24. The van der Waals surface area contributed by atoms with Crippen LogP contribution in [0, 0.1) is 15.9 Å². The summed E-state index contributed by atoms with van der Waals surface area (Å²) >= 11 is 3.17. The van der Waals surface area contributed by atoms with Gasteiger partial charge in [-0.25, -0.2) is 14.2 Å². The van der Waals surface area contributed by atoms with Gasteiger partial charge in [-0.05, 0) is 34.1 Å². The molecule has 0 saturated carbocycles. The van der Waals surface area contributed by atoms with Crippen LogP contribution in [0.1, 0.15) is 10.4 Å². The van der Waals surface area contributed by atoms with E-state index >= 15 is 0 Å². The number of aromatic carboxylic acids is 1. The molecule has 21 heavy (non-hydrogen) atoms. The molecular formula is C12H7BrFN3O4. The van der Waals surface area contributed by atoms with Gasteiger partial charge in [-0.3, -0.25) is 10.1 Å². The first-order valence-electron chi connectivity index (χ1n) is 5.48. The number of aromatic nitrogens is 1. The van der Waals surface area contributed by atoms with Gasteiger partial charge in [0.2, 0.25) is 0 Å². The Labute approximate surface area is 125 Å². The topological polar surface area (TPSA) is 105 Å². The predicted octanol–water partition coefficient (Wildman–Crippen LogP) is 3.33. The van der Waals surface area contributed by atoms with Crippen LogP contribution in [0.5, 0.6) is 0 Å². The van der Waals surface area contributed by atoms with Gasteiger partial charge < -0.3 is 10.4 Å². The number of hydrogen-bond donors (Lipinski definition) is 2. The summed E-state index contributed by atoms with van der Waals surface area (Å²) in [6.07, 6.45) is 1.43. The van der Waals surface area contributed by atoms with Crippen LogP contribution in [0.25, 0.3) is 0 Å². The van der Waals surface area contributed by atoms with E-state index in [4.69, 9.17) is 5.11 Å². The second-order valence-electron chi connectivity index (χ2n) is 3.90. The molecule has 0 unspecified atom stereocenters. The van der Waals surface area contributed by atoms with E-state index < -0.39 is 28.0 Å². The first-order valence-corrected chi connectivity index (χ1v) is 6.27. The molecule has 0 aliphatic rings. The number of nitrogens with one attached hydrogen (secondary N) is 1. The van der Waals surface area contributed by atoms with Crippen molar-refractivity contribution in [1.82, 2.24) is 4.98 Å². The summed E-state index contributed by atoms with van der Waals surface area (Å²) in [6, 6.07) is 4.46. The molecule has 2 N–H and O–H groups in total. The molecule has 1 aromatic heterocycles. The number of nitro groups is 1. The largest absolute Gasteiger partial charge is 0.478 e. The summed E-state index contributed by atoms with van der Waals surface area (Å²) in [7, 11) is 0. The number of benzene rings is 1. The number of nitrogens with zero attached hydrogens (tertiary/aromatic N) is 2. The van der Waals surface area contributed by atoms with Crippen LogP contribution in [-0.2, 0) is 0 Å². The number of carbonyl (C=O) groups is 1. The maximum atomic E-state index is 13.3. The standard InChI is InChI=1S/C12H7BrFN3O4/c13-6-1-2-10(15-5-6)16-11-8(12(18)19)3-7(14)4-9(11)17(20)21/h1-5H,(H,15,16)(H,18,19). The Bertz CT molecular complexity index is 686. The number of hydrogen-bond acceptors (Lipinski definition) is 5. The monoisotopic (exact) mass is 355 g/mol. The van der Waals surface area contributed by atoms with Crippen LogP contribution >= 0.6 is 15.9 Å². The Kier molecular flexibility index (Phi) is 4.13. The molecule has 7 nitrogen and oxygen atoms in total. The number of rotatable bonds is 4. The van der Waals surface area contributed by atoms with Gasteiger partial charge in [0.1, 0.15) is 17.3 Å². The average Bonchev–Trinajstić information content (AvgIpc) is 2.42. The van der Waals surface area contributed by atoms with Gasteiger partial charge in [0, 0.05) is 10.7 Å². The molecule has 0 saturated heterocycles. The fraction of sp³-hybridized carbons (Fsp3) is 0. The van der Waals surface area contributed by atoms with Crippen LogP contribution in [-0.4, -0.2) is 21.0 Å². The van der Waals surface area contributed by atoms with E-state index in [-0.39, 0.29) is 11.5 Å². The number of pyridine rings is 1. The van der Waals surface area contributed by atoms with Crippen molar-refractivity contribution in [3.05, 3.63) is 56.4 Å². The average molecular weight is 356 g/mol. The van der Waals surface area contributed by atoms with E-state index in [0.717, 1.165) is 0 Å². The second-order valence-corrected chi connectivity index (χ2v) is 4.81. The molecule has 2 rings (SSSR count). The van der Waals surface area contributed by atoms with Gasteiger partial charge >= 0.3 is 5.97 Å². The maximum absolute atomic E-state index is 13.3. The fourth-order valence-corrected chi connectivity index (χ4v) is 1.85. The molecule has 2 aromatic rings. The molecule has 0 radical (unpaired) electrons. The number of halogens is 2. The third-order valence-electron chi connectivity index (χ3n) is 2.49. The molecule has 0 aliphatic heterocycles. The third-order valence-corrected chi connectivity index (χ3v) is 2.96. The van der Waals surface area contributed by atoms with Crippen molar-refractivity contribution < 1.29 is 19.2 Å². The van der Waals surface area contributed by atoms with Gasteiger partial charge in [-0.15, -0.1) is 0 Å². The summed E-state index contributed by atoms with van der Waals surface area (Å²) in [5.74, 6) is -2.30. The van der Waals surface area contributed by atoms with Crippen molar-refractivity contribution in [2.45, 2.75) is 0 Å². The predicted molar refractivity (Wildman–Crippen MR) is 75.2 cm³/mol. The molecular weight excluding hydrogens is 349 g/mol. The summed E-state index contributed by atoms with van der Waals surface area (Å²) in [5.41, 5.74) is -1.56. The fourth-order valence-electron chi connectivity index (χ4n) is 1.61. The zero-order chi connectivity index (χ0) is 15.6. The number of carboxylic acid groups (broad SMARTS) is 1. The highest BCUT2D eigenvalue weighted by atomic mass is 79.9. The maximum Gasteiger partial charge on any atom is 0.338 e.